The van der Waals surface area contributed by atoms with Gasteiger partial charge in [-0.3, -0.25) is 14.9 Å². The number of rotatable bonds is 5. The van der Waals surface area contributed by atoms with Crippen LogP contribution in [0.15, 0.2) is 42.6 Å². The highest BCUT2D eigenvalue weighted by Crippen LogP contribution is 2.17. The number of hydrogen-bond acceptors (Lipinski definition) is 5. The number of amides is 1. The van der Waals surface area contributed by atoms with Crippen LogP contribution in [0.5, 0.6) is 0 Å². The predicted octanol–water partition coefficient (Wildman–Crippen LogP) is 2.13. The molecule has 1 saturated heterocycles. The standard InChI is InChI=1S/C15H18N4O3/c1-2-3-4-5-15(20)18-9-8-12(11-18)17-14-7-6-13(10-16-14)19(21)22/h2-7,10,12H,8-9,11H2,1H3,(H,16,17)/b3-2+,5-4-/t12-/m0/s1. The lowest BCUT2D eigenvalue weighted by atomic mass is 10.2. The topological polar surface area (TPSA) is 88.4 Å². The predicted molar refractivity (Wildman–Crippen MR) is 83.5 cm³/mol. The molecule has 2 rings (SSSR count). The summed E-state index contributed by atoms with van der Waals surface area (Å²) in [4.78, 5) is 27.8. The van der Waals surface area contributed by atoms with Crippen LogP contribution in [-0.2, 0) is 4.79 Å². The van der Waals surface area contributed by atoms with Crippen LogP contribution < -0.4 is 5.32 Å². The number of carbonyl (C=O) groups excluding carboxylic acids is 1. The number of allylic oxidation sites excluding steroid dienone is 3. The molecule has 7 nitrogen and oxygen atoms in total. The molecule has 1 aliphatic rings. The summed E-state index contributed by atoms with van der Waals surface area (Å²) in [6.07, 6.45) is 8.98. The van der Waals surface area contributed by atoms with E-state index >= 15 is 0 Å². The quantitative estimate of drug-likeness (QED) is 0.389. The summed E-state index contributed by atoms with van der Waals surface area (Å²) in [5, 5.41) is 13.8. The molecule has 2 heterocycles. The van der Waals surface area contributed by atoms with Gasteiger partial charge in [0.05, 0.1) is 4.92 Å². The highest BCUT2D eigenvalue weighted by atomic mass is 16.6. The Hall–Kier alpha value is -2.70. The minimum atomic E-state index is -0.482. The van der Waals surface area contributed by atoms with Crippen LogP contribution in [-0.4, -0.2) is 39.8 Å². The Balaban J connectivity index is 1.88. The first-order chi connectivity index (χ1) is 10.6. The first-order valence-electron chi connectivity index (χ1n) is 7.05. The SMILES string of the molecule is C/C=C/C=C\C(=O)N1CC[C@H](Nc2ccc([N+](=O)[O-])cn2)C1. The van der Waals surface area contributed by atoms with Crippen LogP contribution in [0.1, 0.15) is 13.3 Å². The lowest BCUT2D eigenvalue weighted by molar-refractivity contribution is -0.385. The summed E-state index contributed by atoms with van der Waals surface area (Å²) in [6.45, 7) is 3.17. The monoisotopic (exact) mass is 302 g/mol. The maximum Gasteiger partial charge on any atom is 0.287 e. The first-order valence-corrected chi connectivity index (χ1v) is 7.05. The smallest absolute Gasteiger partial charge is 0.287 e. The molecular formula is C15H18N4O3. The van der Waals surface area contributed by atoms with E-state index < -0.39 is 4.92 Å². The molecule has 0 spiro atoms. The fourth-order valence-corrected chi connectivity index (χ4v) is 2.22. The van der Waals surface area contributed by atoms with Crippen LogP contribution in [0.2, 0.25) is 0 Å². The molecule has 1 fully saturated rings. The second-order valence-corrected chi connectivity index (χ2v) is 4.96. The average Bonchev–Trinajstić information content (AvgIpc) is 2.96. The van der Waals surface area contributed by atoms with E-state index in [9.17, 15) is 14.9 Å². The second kappa shape index (κ2) is 7.35. The average molecular weight is 302 g/mol. The van der Waals surface area contributed by atoms with Gasteiger partial charge in [0.1, 0.15) is 12.0 Å². The van der Waals surface area contributed by atoms with Gasteiger partial charge in [-0.05, 0) is 19.4 Å². The Labute approximate surface area is 128 Å². The van der Waals surface area contributed by atoms with Crippen molar-refractivity contribution in [3.63, 3.8) is 0 Å². The van der Waals surface area contributed by atoms with Crippen molar-refractivity contribution in [2.75, 3.05) is 18.4 Å². The van der Waals surface area contributed by atoms with Gasteiger partial charge < -0.3 is 10.2 Å². The Morgan fingerprint density at radius 2 is 2.32 bits per heavy atom. The van der Waals surface area contributed by atoms with Crippen LogP contribution in [0.3, 0.4) is 0 Å². The molecule has 0 unspecified atom stereocenters. The Bertz CT molecular complexity index is 595. The van der Waals surface area contributed by atoms with Crippen molar-refractivity contribution in [2.24, 2.45) is 0 Å². The number of anilines is 1. The number of carbonyl (C=O) groups is 1. The van der Waals surface area contributed by atoms with E-state index in [1.54, 1.807) is 23.1 Å². The Morgan fingerprint density at radius 3 is 2.95 bits per heavy atom. The highest BCUT2D eigenvalue weighted by Gasteiger charge is 2.25. The summed E-state index contributed by atoms with van der Waals surface area (Å²) in [7, 11) is 0. The van der Waals surface area contributed by atoms with Gasteiger partial charge in [-0.15, -0.1) is 0 Å². The Morgan fingerprint density at radius 1 is 1.50 bits per heavy atom. The van der Waals surface area contributed by atoms with E-state index in [4.69, 9.17) is 0 Å². The molecule has 0 aliphatic carbocycles. The third kappa shape index (κ3) is 4.15. The van der Waals surface area contributed by atoms with Crippen LogP contribution in [0.25, 0.3) is 0 Å². The van der Waals surface area contributed by atoms with Gasteiger partial charge >= 0.3 is 0 Å². The zero-order valence-corrected chi connectivity index (χ0v) is 12.3. The maximum atomic E-state index is 11.9. The first kappa shape index (κ1) is 15.7. The number of nitrogens with zero attached hydrogens (tertiary/aromatic N) is 3. The number of pyridine rings is 1. The van der Waals surface area contributed by atoms with E-state index in [-0.39, 0.29) is 17.6 Å². The highest BCUT2D eigenvalue weighted by molar-refractivity contribution is 5.88. The molecular weight excluding hydrogens is 284 g/mol. The number of nitrogens with one attached hydrogen (secondary N) is 1. The zero-order chi connectivity index (χ0) is 15.9. The number of aromatic nitrogens is 1. The van der Waals surface area contributed by atoms with Crippen molar-refractivity contribution in [3.8, 4) is 0 Å². The number of nitro groups is 1. The second-order valence-electron chi connectivity index (χ2n) is 4.96. The van der Waals surface area contributed by atoms with Gasteiger partial charge in [0, 0.05) is 31.3 Å². The summed E-state index contributed by atoms with van der Waals surface area (Å²) in [5.74, 6) is 0.563. The minimum Gasteiger partial charge on any atom is -0.365 e. The van der Waals surface area contributed by atoms with Gasteiger partial charge in [0.25, 0.3) is 5.69 Å². The summed E-state index contributed by atoms with van der Waals surface area (Å²) < 4.78 is 0. The zero-order valence-electron chi connectivity index (χ0n) is 12.3. The molecule has 1 atom stereocenters. The van der Waals surface area contributed by atoms with Crippen molar-refractivity contribution < 1.29 is 9.72 Å². The van der Waals surface area contributed by atoms with Gasteiger partial charge in [0.15, 0.2) is 0 Å². The minimum absolute atomic E-state index is 0.0148. The molecule has 1 aromatic heterocycles. The van der Waals surface area contributed by atoms with Crippen LogP contribution in [0.4, 0.5) is 11.5 Å². The third-order valence-electron chi connectivity index (χ3n) is 3.35. The van der Waals surface area contributed by atoms with Gasteiger partial charge in [-0.25, -0.2) is 4.98 Å². The third-order valence-corrected chi connectivity index (χ3v) is 3.35. The molecule has 1 aromatic rings. The van der Waals surface area contributed by atoms with Crippen LogP contribution in [0, 0.1) is 10.1 Å². The van der Waals surface area contributed by atoms with Gasteiger partial charge in [-0.1, -0.05) is 18.2 Å². The fraction of sp³-hybridized carbons (Fsp3) is 0.333. The molecule has 0 aromatic carbocycles. The fourth-order valence-electron chi connectivity index (χ4n) is 2.22. The molecule has 1 amide bonds. The summed E-state index contributed by atoms with van der Waals surface area (Å²) >= 11 is 0. The normalized spacial score (nSPS) is 18.2. The lowest BCUT2D eigenvalue weighted by Gasteiger charge is -2.15. The van der Waals surface area contributed by atoms with E-state index in [2.05, 4.69) is 10.3 Å². The van der Waals surface area contributed by atoms with Gasteiger partial charge in [-0.2, -0.15) is 0 Å². The molecule has 116 valence electrons. The van der Waals surface area contributed by atoms with Gasteiger partial charge in [0.2, 0.25) is 5.91 Å². The maximum absolute atomic E-state index is 11.9. The largest absolute Gasteiger partial charge is 0.365 e. The van der Waals surface area contributed by atoms with E-state index in [0.29, 0.717) is 18.9 Å². The number of hydrogen-bond donors (Lipinski definition) is 1. The molecule has 22 heavy (non-hydrogen) atoms. The van der Waals surface area contributed by atoms with E-state index in [1.807, 2.05) is 19.1 Å². The molecule has 0 saturated carbocycles. The molecule has 7 heteroatoms. The van der Waals surface area contributed by atoms with Crippen molar-refractivity contribution in [1.29, 1.82) is 0 Å². The van der Waals surface area contributed by atoms with Crippen molar-refractivity contribution in [2.45, 2.75) is 19.4 Å². The molecule has 0 radical (unpaired) electrons. The van der Waals surface area contributed by atoms with Crippen molar-refractivity contribution >= 4 is 17.4 Å². The Kier molecular flexibility index (Phi) is 5.24. The van der Waals surface area contributed by atoms with Crippen molar-refractivity contribution in [3.05, 3.63) is 52.7 Å². The molecule has 1 N–H and O–H groups in total. The van der Waals surface area contributed by atoms with E-state index in [0.717, 1.165) is 6.42 Å². The summed E-state index contributed by atoms with van der Waals surface area (Å²) in [5.41, 5.74) is -0.0390. The summed E-state index contributed by atoms with van der Waals surface area (Å²) in [6, 6.07) is 3.09. The molecule has 0 bridgehead atoms. The number of likely N-dealkylation sites (tertiary alicyclic amines) is 1. The van der Waals surface area contributed by atoms with Crippen molar-refractivity contribution in [1.82, 2.24) is 9.88 Å². The lowest BCUT2D eigenvalue weighted by Crippen LogP contribution is -2.30. The molecule has 1 aliphatic heterocycles. The van der Waals surface area contributed by atoms with E-state index in [1.165, 1.54) is 12.3 Å². The van der Waals surface area contributed by atoms with Crippen LogP contribution >= 0.6 is 0 Å².